The van der Waals surface area contributed by atoms with E-state index < -0.39 is 0 Å². The van der Waals surface area contributed by atoms with Gasteiger partial charge < -0.3 is 4.74 Å². The Kier molecular flexibility index (Phi) is 7.50. The Bertz CT molecular complexity index is 148. The van der Waals surface area contributed by atoms with Gasteiger partial charge in [-0.1, -0.05) is 0 Å². The van der Waals surface area contributed by atoms with Crippen LogP contribution in [-0.2, 0) is 14.3 Å². The fraction of sp³-hybridized carbons (Fsp3) is 0.800. The summed E-state index contributed by atoms with van der Waals surface area (Å²) < 4.78 is 4.83. The first-order chi connectivity index (χ1) is 6.20. The van der Waals surface area contributed by atoms with E-state index in [-0.39, 0.29) is 18.0 Å². The van der Waals surface area contributed by atoms with E-state index in [1.165, 1.54) is 0 Å². The van der Waals surface area contributed by atoms with Crippen molar-refractivity contribution in [2.45, 2.75) is 39.5 Å². The van der Waals surface area contributed by atoms with Gasteiger partial charge in [-0.2, -0.15) is 0 Å². The Balaban J connectivity index is 0.000000252. The number of hydrogen-bond donors (Lipinski definition) is 0. The molecule has 0 aromatic heterocycles. The third-order valence-corrected chi connectivity index (χ3v) is 1.71. The number of rotatable bonds is 2. The Morgan fingerprint density at radius 1 is 1.08 bits per heavy atom. The van der Waals surface area contributed by atoms with Gasteiger partial charge in [-0.25, -0.2) is 0 Å². The van der Waals surface area contributed by atoms with Crippen LogP contribution in [0.3, 0.4) is 0 Å². The highest BCUT2D eigenvalue weighted by Crippen LogP contribution is 2.09. The van der Waals surface area contributed by atoms with Gasteiger partial charge in [0, 0.05) is 26.1 Å². The van der Waals surface area contributed by atoms with Gasteiger partial charge in [0.2, 0.25) is 0 Å². The lowest BCUT2D eigenvalue weighted by molar-refractivity contribution is -0.129. The second-order valence-corrected chi connectivity index (χ2v) is 2.89. The molecule has 0 atom stereocenters. The van der Waals surface area contributed by atoms with Crippen molar-refractivity contribution >= 4 is 11.6 Å². The number of hydrogen-bond acceptors (Lipinski definition) is 3. The number of Topliss-reactive ketones (excluding diaryl/α,β-unsaturated/α-hetero) is 2. The number of carbonyl (C=O) groups excluding carboxylic acids is 2. The second-order valence-electron chi connectivity index (χ2n) is 2.89. The maximum absolute atomic E-state index is 10.5. The van der Waals surface area contributed by atoms with Crippen molar-refractivity contribution in [2.24, 2.45) is 0 Å². The summed E-state index contributed by atoms with van der Waals surface area (Å²) in [4.78, 5) is 20.9. The molecule has 0 radical (unpaired) electrons. The van der Waals surface area contributed by atoms with Crippen LogP contribution in [0.15, 0.2) is 0 Å². The summed E-state index contributed by atoms with van der Waals surface area (Å²) in [7, 11) is 0. The second kappa shape index (κ2) is 7.92. The lowest BCUT2D eigenvalue weighted by atomic mass is 9.98. The maximum atomic E-state index is 10.5. The quantitative estimate of drug-likeness (QED) is 0.617. The van der Waals surface area contributed by atoms with Crippen LogP contribution >= 0.6 is 0 Å². The van der Waals surface area contributed by atoms with E-state index in [2.05, 4.69) is 0 Å². The van der Waals surface area contributed by atoms with Gasteiger partial charge in [0.15, 0.2) is 0 Å². The molecule has 3 nitrogen and oxygen atoms in total. The van der Waals surface area contributed by atoms with Crippen LogP contribution < -0.4 is 0 Å². The van der Waals surface area contributed by atoms with Crippen molar-refractivity contribution in [1.82, 2.24) is 0 Å². The zero-order chi connectivity index (χ0) is 10.1. The van der Waals surface area contributed by atoms with Crippen molar-refractivity contribution < 1.29 is 14.3 Å². The highest BCUT2D eigenvalue weighted by atomic mass is 16.5. The average Bonchev–Trinajstić information content (AvgIpc) is 2.06. The average molecular weight is 186 g/mol. The molecule has 1 fully saturated rings. The van der Waals surface area contributed by atoms with E-state index in [0.29, 0.717) is 12.8 Å². The van der Waals surface area contributed by atoms with E-state index in [1.807, 2.05) is 13.8 Å². The number of ketones is 2. The van der Waals surface area contributed by atoms with Crippen LogP contribution in [0.4, 0.5) is 0 Å². The van der Waals surface area contributed by atoms with Crippen LogP contribution in [0.2, 0.25) is 0 Å². The summed E-state index contributed by atoms with van der Waals surface area (Å²) in [6.07, 6.45) is 2.20. The van der Waals surface area contributed by atoms with Crippen molar-refractivity contribution in [1.29, 1.82) is 0 Å². The maximum Gasteiger partial charge on any atom is 0.140 e. The van der Waals surface area contributed by atoms with Crippen LogP contribution in [0.1, 0.15) is 39.5 Å². The summed E-state index contributed by atoms with van der Waals surface area (Å²) in [6.45, 7) is 5.67. The van der Waals surface area contributed by atoms with Gasteiger partial charge in [0.05, 0.1) is 6.42 Å². The molecule has 0 aromatic carbocycles. The smallest absolute Gasteiger partial charge is 0.140 e. The van der Waals surface area contributed by atoms with Crippen molar-refractivity contribution in [3.8, 4) is 0 Å². The minimum Gasteiger partial charge on any atom is -0.382 e. The summed E-state index contributed by atoms with van der Waals surface area (Å²) in [5.74, 6) is 0.225. The van der Waals surface area contributed by atoms with Gasteiger partial charge in [0.1, 0.15) is 11.6 Å². The molecule has 0 heterocycles. The molecule has 0 N–H and O–H groups in total. The minimum atomic E-state index is 0.112. The first-order valence-electron chi connectivity index (χ1n) is 4.81. The molecule has 3 heteroatoms. The largest absolute Gasteiger partial charge is 0.382 e. The third-order valence-electron chi connectivity index (χ3n) is 1.71. The van der Waals surface area contributed by atoms with Crippen LogP contribution in [0.25, 0.3) is 0 Å². The molecule has 1 aliphatic rings. The molecule has 1 saturated carbocycles. The number of carbonyl (C=O) groups is 2. The normalized spacial score (nSPS) is 16.5. The molecule has 0 unspecified atom stereocenters. The molecule has 0 saturated heterocycles. The molecular weight excluding hydrogens is 168 g/mol. The molecule has 0 aromatic rings. The topological polar surface area (TPSA) is 43.4 Å². The van der Waals surface area contributed by atoms with Gasteiger partial charge in [-0.15, -0.1) is 0 Å². The predicted molar refractivity (Wildman–Crippen MR) is 50.6 cm³/mol. The lowest BCUT2D eigenvalue weighted by Crippen LogP contribution is -2.13. The zero-order valence-electron chi connectivity index (χ0n) is 8.47. The summed E-state index contributed by atoms with van der Waals surface area (Å²) >= 11 is 0. The lowest BCUT2D eigenvalue weighted by Gasteiger charge is -2.04. The van der Waals surface area contributed by atoms with Gasteiger partial charge in [-0.05, 0) is 20.3 Å². The van der Waals surface area contributed by atoms with Gasteiger partial charge >= 0.3 is 0 Å². The highest BCUT2D eigenvalue weighted by molar-refractivity contribution is 6.01. The molecule has 0 bridgehead atoms. The minimum absolute atomic E-state index is 0.112. The number of ether oxygens (including phenoxy) is 1. The molecule has 1 rings (SSSR count). The van der Waals surface area contributed by atoms with Crippen molar-refractivity contribution in [3.05, 3.63) is 0 Å². The van der Waals surface area contributed by atoms with Crippen LogP contribution in [0.5, 0.6) is 0 Å². The van der Waals surface area contributed by atoms with E-state index >= 15 is 0 Å². The van der Waals surface area contributed by atoms with Gasteiger partial charge in [0.25, 0.3) is 0 Å². The SMILES string of the molecule is CCOCC.O=C1CCCC(=O)C1. The zero-order valence-corrected chi connectivity index (χ0v) is 8.47. The fourth-order valence-corrected chi connectivity index (χ4v) is 1.08. The summed E-state index contributed by atoms with van der Waals surface area (Å²) in [5, 5.41) is 0. The monoisotopic (exact) mass is 186 g/mol. The summed E-state index contributed by atoms with van der Waals surface area (Å²) in [5.41, 5.74) is 0. The predicted octanol–water partition coefficient (Wildman–Crippen LogP) is 1.74. The van der Waals surface area contributed by atoms with Crippen LogP contribution in [0, 0.1) is 0 Å². The Morgan fingerprint density at radius 3 is 1.69 bits per heavy atom. The third kappa shape index (κ3) is 7.65. The summed E-state index contributed by atoms with van der Waals surface area (Å²) in [6, 6.07) is 0. The Labute approximate surface area is 79.5 Å². The van der Waals surface area contributed by atoms with E-state index in [4.69, 9.17) is 4.74 Å². The van der Waals surface area contributed by atoms with E-state index in [0.717, 1.165) is 19.6 Å². The van der Waals surface area contributed by atoms with Gasteiger partial charge in [-0.3, -0.25) is 9.59 Å². The molecule has 13 heavy (non-hydrogen) atoms. The van der Waals surface area contributed by atoms with E-state index in [1.54, 1.807) is 0 Å². The molecular formula is C10H18O3. The molecule has 0 aliphatic heterocycles. The Morgan fingerprint density at radius 2 is 1.54 bits per heavy atom. The van der Waals surface area contributed by atoms with Crippen molar-refractivity contribution in [2.75, 3.05) is 13.2 Å². The fourth-order valence-electron chi connectivity index (χ4n) is 1.08. The van der Waals surface area contributed by atoms with Crippen LogP contribution in [-0.4, -0.2) is 24.8 Å². The molecule has 0 amide bonds. The Hall–Kier alpha value is -0.700. The first kappa shape index (κ1) is 12.3. The first-order valence-corrected chi connectivity index (χ1v) is 4.81. The molecule has 0 spiro atoms. The standard InChI is InChI=1S/C6H8O2.C4H10O/c7-5-2-1-3-6(8)4-5;1-3-5-4-2/h1-4H2;3-4H2,1-2H3. The highest BCUT2D eigenvalue weighted by Gasteiger charge is 2.14. The molecule has 1 aliphatic carbocycles. The molecule has 76 valence electrons. The van der Waals surface area contributed by atoms with Crippen molar-refractivity contribution in [3.63, 3.8) is 0 Å². The van der Waals surface area contributed by atoms with E-state index in [9.17, 15) is 9.59 Å².